The maximum absolute atomic E-state index is 13.2. The van der Waals surface area contributed by atoms with Crippen molar-refractivity contribution in [3.63, 3.8) is 0 Å². The Labute approximate surface area is 215 Å². The van der Waals surface area contributed by atoms with E-state index in [0.717, 1.165) is 41.0 Å². The number of carboxylic acid groups (broad SMARTS) is 1. The van der Waals surface area contributed by atoms with E-state index in [1.165, 1.54) is 12.1 Å². The van der Waals surface area contributed by atoms with Gasteiger partial charge < -0.3 is 10.1 Å². The smallest absolute Gasteiger partial charge is 0.363 e. The van der Waals surface area contributed by atoms with Gasteiger partial charge in [-0.1, -0.05) is 38.5 Å². The number of aromatic amines is 1. The number of carbonyl (C=O) groups excluding carboxylic acids is 2. The number of benzene rings is 1. The topological polar surface area (TPSA) is 106 Å². The fourth-order valence-corrected chi connectivity index (χ4v) is 4.80. The quantitative estimate of drug-likeness (QED) is 0.225. The normalized spacial score (nSPS) is 13.5. The lowest BCUT2D eigenvalue weighted by atomic mass is 9.83. The van der Waals surface area contributed by atoms with Crippen molar-refractivity contribution in [3.8, 4) is 0 Å². The Bertz CT molecular complexity index is 1150. The first-order valence-corrected chi connectivity index (χ1v) is 13.1. The second-order valence-corrected chi connectivity index (χ2v) is 10.3. The molecule has 192 valence electrons. The van der Waals surface area contributed by atoms with Gasteiger partial charge in [0.2, 0.25) is 0 Å². The molecule has 36 heavy (non-hydrogen) atoms. The Hall–Kier alpha value is -3.39. The number of unbranched alkanes of at least 4 members (excludes halogenated alkanes) is 1. The summed E-state index contributed by atoms with van der Waals surface area (Å²) < 4.78 is 0. The van der Waals surface area contributed by atoms with Crippen LogP contribution >= 0.6 is 11.3 Å². The monoisotopic (exact) mass is 511 g/mol. The van der Waals surface area contributed by atoms with Gasteiger partial charge in [-0.05, 0) is 79.8 Å². The van der Waals surface area contributed by atoms with Crippen LogP contribution in [-0.4, -0.2) is 28.0 Å². The SMILES string of the molecule is CCCCc1cc(C(Cc2ccc(C(=O)O)cc2)C(=O)OOC(=O)C(C)(CC)Cc2cccs2)c[nH]1. The largest absolute Gasteiger partial charge is 0.478 e. The molecule has 0 amide bonds. The van der Waals surface area contributed by atoms with E-state index in [9.17, 15) is 14.4 Å². The molecule has 0 aliphatic heterocycles. The molecule has 7 nitrogen and oxygen atoms in total. The molecule has 0 aliphatic carbocycles. The summed E-state index contributed by atoms with van der Waals surface area (Å²) in [4.78, 5) is 51.8. The van der Waals surface area contributed by atoms with Crippen LogP contribution in [0.3, 0.4) is 0 Å². The second-order valence-electron chi connectivity index (χ2n) is 9.26. The van der Waals surface area contributed by atoms with Gasteiger partial charge in [0.15, 0.2) is 0 Å². The Kier molecular flexibility index (Phi) is 9.47. The van der Waals surface area contributed by atoms with Gasteiger partial charge >= 0.3 is 17.9 Å². The molecular weight excluding hydrogens is 478 g/mol. The summed E-state index contributed by atoms with van der Waals surface area (Å²) in [5.74, 6) is -3.02. The van der Waals surface area contributed by atoms with Gasteiger partial charge in [0.25, 0.3) is 0 Å². The first-order valence-electron chi connectivity index (χ1n) is 12.2. The van der Waals surface area contributed by atoms with Gasteiger partial charge in [-0.3, -0.25) is 0 Å². The van der Waals surface area contributed by atoms with Crippen molar-refractivity contribution in [2.45, 2.75) is 65.2 Å². The van der Waals surface area contributed by atoms with Crippen LogP contribution in [0.15, 0.2) is 54.0 Å². The molecule has 3 aromatic rings. The van der Waals surface area contributed by atoms with E-state index in [1.54, 1.807) is 36.6 Å². The predicted molar refractivity (Wildman–Crippen MR) is 138 cm³/mol. The summed E-state index contributed by atoms with van der Waals surface area (Å²) in [6.45, 7) is 5.82. The molecule has 2 unspecified atom stereocenters. The highest BCUT2D eigenvalue weighted by Gasteiger charge is 2.36. The first-order chi connectivity index (χ1) is 17.3. The Morgan fingerprint density at radius 3 is 2.47 bits per heavy atom. The molecule has 2 N–H and O–H groups in total. The highest BCUT2D eigenvalue weighted by Crippen LogP contribution is 2.31. The minimum atomic E-state index is -1.02. The molecule has 0 spiro atoms. The third kappa shape index (κ3) is 7.07. The number of aromatic carboxylic acids is 1. The highest BCUT2D eigenvalue weighted by atomic mass is 32.1. The average Bonchev–Trinajstić information content (AvgIpc) is 3.56. The van der Waals surface area contributed by atoms with Crippen LogP contribution in [0.5, 0.6) is 0 Å². The molecular formula is C28H33NO6S. The van der Waals surface area contributed by atoms with Crippen molar-refractivity contribution in [1.29, 1.82) is 0 Å². The number of carbonyl (C=O) groups is 3. The summed E-state index contributed by atoms with van der Waals surface area (Å²) in [5.41, 5.74) is 1.84. The van der Waals surface area contributed by atoms with Crippen LogP contribution in [0.25, 0.3) is 0 Å². The molecule has 0 saturated carbocycles. The molecule has 2 heterocycles. The van der Waals surface area contributed by atoms with E-state index in [2.05, 4.69) is 11.9 Å². The number of nitrogens with one attached hydrogen (secondary N) is 1. The molecule has 0 saturated heterocycles. The minimum absolute atomic E-state index is 0.167. The van der Waals surface area contributed by atoms with Crippen LogP contribution in [0, 0.1) is 5.41 Å². The van der Waals surface area contributed by atoms with Gasteiger partial charge in [-0.25, -0.2) is 24.2 Å². The number of rotatable bonds is 12. The van der Waals surface area contributed by atoms with Crippen molar-refractivity contribution in [2.24, 2.45) is 5.41 Å². The Morgan fingerprint density at radius 2 is 1.86 bits per heavy atom. The lowest BCUT2D eigenvalue weighted by Gasteiger charge is -2.24. The van der Waals surface area contributed by atoms with E-state index in [1.807, 2.05) is 30.5 Å². The number of thiophene rings is 1. The van der Waals surface area contributed by atoms with Gasteiger partial charge in [0.05, 0.1) is 16.9 Å². The molecule has 0 radical (unpaired) electrons. The molecule has 2 aromatic heterocycles. The minimum Gasteiger partial charge on any atom is -0.478 e. The van der Waals surface area contributed by atoms with Crippen molar-refractivity contribution in [2.75, 3.05) is 0 Å². The van der Waals surface area contributed by atoms with E-state index < -0.39 is 29.2 Å². The van der Waals surface area contributed by atoms with Gasteiger partial charge in [0, 0.05) is 16.8 Å². The van der Waals surface area contributed by atoms with Gasteiger partial charge in [-0.2, -0.15) is 0 Å². The van der Waals surface area contributed by atoms with Crippen molar-refractivity contribution in [3.05, 3.63) is 81.3 Å². The summed E-state index contributed by atoms with van der Waals surface area (Å²) in [5, 5.41) is 11.1. The van der Waals surface area contributed by atoms with E-state index >= 15 is 0 Å². The average molecular weight is 512 g/mol. The molecule has 8 heteroatoms. The fraction of sp³-hybridized carbons (Fsp3) is 0.393. The van der Waals surface area contributed by atoms with Crippen LogP contribution in [0.4, 0.5) is 0 Å². The first kappa shape index (κ1) is 27.2. The Balaban J connectivity index is 1.75. The number of carboxylic acids is 1. The molecule has 1 aromatic carbocycles. The number of H-pyrrole nitrogens is 1. The zero-order valence-corrected chi connectivity index (χ0v) is 21.7. The van der Waals surface area contributed by atoms with Crippen LogP contribution in [0.2, 0.25) is 0 Å². The summed E-state index contributed by atoms with van der Waals surface area (Å²) in [6.07, 6.45) is 5.99. The maximum atomic E-state index is 13.2. The summed E-state index contributed by atoms with van der Waals surface area (Å²) >= 11 is 1.57. The van der Waals surface area contributed by atoms with E-state index in [4.69, 9.17) is 14.9 Å². The molecule has 0 fully saturated rings. The van der Waals surface area contributed by atoms with Crippen molar-refractivity contribution >= 4 is 29.2 Å². The summed E-state index contributed by atoms with van der Waals surface area (Å²) in [7, 11) is 0. The summed E-state index contributed by atoms with van der Waals surface area (Å²) in [6, 6.07) is 12.2. The number of hydrogen-bond donors (Lipinski definition) is 2. The van der Waals surface area contributed by atoms with E-state index in [0.29, 0.717) is 12.8 Å². The van der Waals surface area contributed by atoms with Crippen molar-refractivity contribution < 1.29 is 29.3 Å². The highest BCUT2D eigenvalue weighted by molar-refractivity contribution is 7.09. The van der Waals surface area contributed by atoms with Crippen molar-refractivity contribution in [1.82, 2.24) is 4.98 Å². The molecule has 3 rings (SSSR count). The second kappa shape index (κ2) is 12.5. The van der Waals surface area contributed by atoms with Crippen LogP contribution in [-0.2, 0) is 38.6 Å². The lowest BCUT2D eigenvalue weighted by molar-refractivity contribution is -0.267. The number of hydrogen-bond acceptors (Lipinski definition) is 6. The van der Waals surface area contributed by atoms with Crippen LogP contribution in [0.1, 0.15) is 78.0 Å². The molecule has 2 atom stereocenters. The lowest BCUT2D eigenvalue weighted by Crippen LogP contribution is -2.33. The Morgan fingerprint density at radius 1 is 1.11 bits per heavy atom. The van der Waals surface area contributed by atoms with E-state index in [-0.39, 0.29) is 12.0 Å². The number of aryl methyl sites for hydroxylation is 1. The van der Waals surface area contributed by atoms with Gasteiger partial charge in [0.1, 0.15) is 0 Å². The maximum Gasteiger partial charge on any atom is 0.363 e. The molecule has 0 aliphatic rings. The third-order valence-electron chi connectivity index (χ3n) is 6.51. The number of aromatic nitrogens is 1. The van der Waals surface area contributed by atoms with Crippen LogP contribution < -0.4 is 0 Å². The fourth-order valence-electron chi connectivity index (χ4n) is 3.91. The predicted octanol–water partition coefficient (Wildman–Crippen LogP) is 6.10. The van der Waals surface area contributed by atoms with Gasteiger partial charge in [-0.15, -0.1) is 11.3 Å². The zero-order chi connectivity index (χ0) is 26.1. The molecule has 0 bridgehead atoms. The standard InChI is InChI=1S/C28H33NO6S/c1-4-6-8-22-16-21(18-29-22)24(15-19-10-12-20(13-11-19)25(30)31)26(32)34-35-27(33)28(3,5-2)17-23-9-7-14-36-23/h7,9-14,16,18,24,29H,4-6,8,15,17H2,1-3H3,(H,30,31). The third-order valence-corrected chi connectivity index (χ3v) is 7.39. The zero-order valence-electron chi connectivity index (χ0n) is 20.9.